The van der Waals surface area contributed by atoms with Gasteiger partial charge < -0.3 is 14.4 Å². The number of carboxylic acids is 1. The van der Waals surface area contributed by atoms with Crippen molar-refractivity contribution in [3.8, 4) is 5.75 Å². The Labute approximate surface area is 132 Å². The lowest BCUT2D eigenvalue weighted by Gasteiger charge is -2.09. The molecule has 0 bridgehead atoms. The minimum Gasteiger partial charge on any atom is -0.497 e. The summed E-state index contributed by atoms with van der Waals surface area (Å²) in [6, 6.07) is 13.7. The summed E-state index contributed by atoms with van der Waals surface area (Å²) >= 11 is 0. The van der Waals surface area contributed by atoms with Crippen LogP contribution in [0.3, 0.4) is 0 Å². The summed E-state index contributed by atoms with van der Waals surface area (Å²) in [5.41, 5.74) is 0.854. The summed E-state index contributed by atoms with van der Waals surface area (Å²) < 4.78 is 6.72. The lowest BCUT2D eigenvalue weighted by Crippen LogP contribution is -2.20. The van der Waals surface area contributed by atoms with Crippen LogP contribution in [0.25, 0.3) is 10.8 Å². The predicted molar refractivity (Wildman–Crippen MR) is 87.3 cm³/mol. The highest BCUT2D eigenvalue weighted by atomic mass is 16.5. The molecule has 0 unspecified atom stereocenters. The van der Waals surface area contributed by atoms with Crippen LogP contribution >= 0.6 is 0 Å². The first-order valence-electron chi connectivity index (χ1n) is 7.08. The van der Waals surface area contributed by atoms with Crippen molar-refractivity contribution in [2.75, 3.05) is 7.11 Å². The molecule has 0 amide bonds. The van der Waals surface area contributed by atoms with Crippen LogP contribution in [0.5, 0.6) is 5.75 Å². The minimum atomic E-state index is -0.982. The van der Waals surface area contributed by atoms with Crippen molar-refractivity contribution in [2.45, 2.75) is 6.54 Å². The maximum atomic E-state index is 12.6. The molecular formula is C18H15NO4. The van der Waals surface area contributed by atoms with E-state index in [1.807, 2.05) is 12.1 Å². The molecule has 0 aliphatic heterocycles. The molecule has 0 saturated heterocycles. The second kappa shape index (κ2) is 5.96. The number of hydrogen-bond acceptors (Lipinski definition) is 3. The average Bonchev–Trinajstić information content (AvgIpc) is 2.57. The zero-order chi connectivity index (χ0) is 16.4. The Morgan fingerprint density at radius 3 is 2.74 bits per heavy atom. The van der Waals surface area contributed by atoms with Gasteiger partial charge in [0.2, 0.25) is 0 Å². The van der Waals surface area contributed by atoms with Crippen molar-refractivity contribution in [3.63, 3.8) is 0 Å². The second-order valence-electron chi connectivity index (χ2n) is 5.21. The number of nitrogens with zero attached hydrogens (tertiary/aromatic N) is 1. The first-order valence-corrected chi connectivity index (χ1v) is 7.08. The predicted octanol–water partition coefficient (Wildman–Crippen LogP) is 2.76. The third-order valence-electron chi connectivity index (χ3n) is 3.71. The van der Waals surface area contributed by atoms with Crippen molar-refractivity contribution >= 4 is 16.7 Å². The number of rotatable bonds is 4. The molecule has 3 aromatic rings. The van der Waals surface area contributed by atoms with Crippen LogP contribution in [-0.2, 0) is 6.54 Å². The Kier molecular flexibility index (Phi) is 3.85. The molecule has 1 heterocycles. The Morgan fingerprint density at radius 1 is 1.17 bits per heavy atom. The van der Waals surface area contributed by atoms with E-state index in [4.69, 9.17) is 9.84 Å². The van der Waals surface area contributed by atoms with Crippen LogP contribution in [-0.4, -0.2) is 22.8 Å². The van der Waals surface area contributed by atoms with Gasteiger partial charge in [-0.25, -0.2) is 4.79 Å². The molecule has 5 nitrogen and oxygen atoms in total. The van der Waals surface area contributed by atoms with E-state index in [1.165, 1.54) is 6.07 Å². The highest BCUT2D eigenvalue weighted by Crippen LogP contribution is 2.18. The monoisotopic (exact) mass is 309 g/mol. The molecule has 0 saturated carbocycles. The van der Waals surface area contributed by atoms with Gasteiger partial charge in [-0.05, 0) is 47.3 Å². The number of ether oxygens (including phenoxy) is 1. The fourth-order valence-corrected chi connectivity index (χ4v) is 2.52. The van der Waals surface area contributed by atoms with Gasteiger partial charge in [0.05, 0.1) is 19.2 Å². The second-order valence-corrected chi connectivity index (χ2v) is 5.21. The number of benzene rings is 2. The van der Waals surface area contributed by atoms with Crippen LogP contribution in [0, 0.1) is 0 Å². The number of fused-ring (bicyclic) bond motifs is 1. The molecule has 1 N–H and O–H groups in total. The summed E-state index contributed by atoms with van der Waals surface area (Å²) in [5.74, 6) is -0.284. The van der Waals surface area contributed by atoms with Gasteiger partial charge in [0.15, 0.2) is 0 Å². The van der Waals surface area contributed by atoms with Crippen LogP contribution in [0.4, 0.5) is 0 Å². The summed E-state index contributed by atoms with van der Waals surface area (Å²) in [4.78, 5) is 23.6. The smallest absolute Gasteiger partial charge is 0.335 e. The van der Waals surface area contributed by atoms with E-state index in [2.05, 4.69) is 0 Å². The first-order chi connectivity index (χ1) is 11.1. The van der Waals surface area contributed by atoms with E-state index in [-0.39, 0.29) is 11.1 Å². The minimum absolute atomic E-state index is 0.120. The van der Waals surface area contributed by atoms with Gasteiger partial charge in [-0.1, -0.05) is 12.1 Å². The standard InChI is InChI=1S/C18H15NO4/c1-23-15-5-6-16-13(10-15)7-8-19(17(16)20)11-12-3-2-4-14(9-12)18(21)22/h2-10H,11H2,1H3,(H,21,22). The topological polar surface area (TPSA) is 68.5 Å². The Balaban J connectivity index is 2.01. The summed E-state index contributed by atoms with van der Waals surface area (Å²) in [6.45, 7) is 0.321. The number of carbonyl (C=O) groups is 1. The molecule has 0 radical (unpaired) electrons. The average molecular weight is 309 g/mol. The highest BCUT2D eigenvalue weighted by molar-refractivity contribution is 5.87. The van der Waals surface area contributed by atoms with Gasteiger partial charge in [-0.2, -0.15) is 0 Å². The summed E-state index contributed by atoms with van der Waals surface area (Å²) in [6.07, 6.45) is 1.71. The molecule has 3 rings (SSSR count). The Morgan fingerprint density at radius 2 is 2.00 bits per heavy atom. The Hall–Kier alpha value is -3.08. The molecule has 0 aliphatic carbocycles. The van der Waals surface area contributed by atoms with Crippen molar-refractivity contribution in [2.24, 2.45) is 0 Å². The summed E-state index contributed by atoms with van der Waals surface area (Å²) in [5, 5.41) is 10.5. The molecule has 0 aliphatic rings. The zero-order valence-corrected chi connectivity index (χ0v) is 12.5. The maximum Gasteiger partial charge on any atom is 0.335 e. The van der Waals surface area contributed by atoms with E-state index in [1.54, 1.807) is 48.2 Å². The molecular weight excluding hydrogens is 294 g/mol. The third kappa shape index (κ3) is 2.94. The molecule has 0 fully saturated rings. The fourth-order valence-electron chi connectivity index (χ4n) is 2.52. The molecule has 1 aromatic heterocycles. The molecule has 0 atom stereocenters. The van der Waals surface area contributed by atoms with Crippen molar-refractivity contribution < 1.29 is 14.6 Å². The van der Waals surface area contributed by atoms with Gasteiger partial charge >= 0.3 is 5.97 Å². The molecule has 0 spiro atoms. The van der Waals surface area contributed by atoms with Crippen LogP contribution in [0.1, 0.15) is 15.9 Å². The fraction of sp³-hybridized carbons (Fsp3) is 0.111. The van der Waals surface area contributed by atoms with Gasteiger partial charge in [0.25, 0.3) is 5.56 Å². The lowest BCUT2D eigenvalue weighted by molar-refractivity contribution is 0.0696. The van der Waals surface area contributed by atoms with E-state index >= 15 is 0 Å². The van der Waals surface area contributed by atoms with Gasteiger partial charge in [0, 0.05) is 11.6 Å². The summed E-state index contributed by atoms with van der Waals surface area (Å²) in [7, 11) is 1.58. The number of carboxylic acid groups (broad SMARTS) is 1. The van der Waals surface area contributed by atoms with Crippen LogP contribution in [0.15, 0.2) is 59.5 Å². The number of aromatic carboxylic acids is 1. The normalized spacial score (nSPS) is 10.7. The molecule has 2 aromatic carbocycles. The largest absolute Gasteiger partial charge is 0.497 e. The first kappa shape index (κ1) is 14.8. The number of hydrogen-bond donors (Lipinski definition) is 1. The van der Waals surface area contributed by atoms with Crippen LogP contribution < -0.4 is 10.3 Å². The van der Waals surface area contributed by atoms with Crippen molar-refractivity contribution in [3.05, 3.63) is 76.2 Å². The molecule has 23 heavy (non-hydrogen) atoms. The van der Waals surface area contributed by atoms with Crippen molar-refractivity contribution in [1.29, 1.82) is 0 Å². The van der Waals surface area contributed by atoms with E-state index in [9.17, 15) is 9.59 Å². The molecule has 5 heteroatoms. The Bertz CT molecular complexity index is 943. The van der Waals surface area contributed by atoms with Gasteiger partial charge in [-0.15, -0.1) is 0 Å². The maximum absolute atomic E-state index is 12.6. The van der Waals surface area contributed by atoms with Crippen molar-refractivity contribution in [1.82, 2.24) is 4.57 Å². The zero-order valence-electron chi connectivity index (χ0n) is 12.5. The number of aromatic nitrogens is 1. The van der Waals surface area contributed by atoms with E-state index < -0.39 is 5.97 Å². The third-order valence-corrected chi connectivity index (χ3v) is 3.71. The lowest BCUT2D eigenvalue weighted by atomic mass is 10.1. The van der Waals surface area contributed by atoms with E-state index in [0.717, 1.165) is 10.9 Å². The quantitative estimate of drug-likeness (QED) is 0.804. The highest BCUT2D eigenvalue weighted by Gasteiger charge is 2.07. The van der Waals surface area contributed by atoms with Gasteiger partial charge in [-0.3, -0.25) is 4.79 Å². The van der Waals surface area contributed by atoms with Crippen LogP contribution in [0.2, 0.25) is 0 Å². The number of pyridine rings is 1. The number of methoxy groups -OCH3 is 1. The van der Waals surface area contributed by atoms with Gasteiger partial charge in [0.1, 0.15) is 5.75 Å². The van der Waals surface area contributed by atoms with E-state index in [0.29, 0.717) is 17.7 Å². The SMILES string of the molecule is COc1ccc2c(=O)n(Cc3cccc(C(=O)O)c3)ccc2c1. The molecule has 116 valence electrons.